The zero-order valence-corrected chi connectivity index (χ0v) is 14.1. The van der Waals surface area contributed by atoms with Crippen LogP contribution in [0, 0.1) is 5.92 Å². The summed E-state index contributed by atoms with van der Waals surface area (Å²) < 4.78 is 30.3. The number of thiophene rings is 1. The number of carbonyl (C=O) groups is 1. The predicted octanol–water partition coefficient (Wildman–Crippen LogP) is 1.86. The third-order valence-electron chi connectivity index (χ3n) is 4.48. The van der Waals surface area contributed by atoms with Gasteiger partial charge in [-0.2, -0.15) is 0 Å². The number of ether oxygens (including phenoxy) is 1. The molecule has 1 unspecified atom stereocenters. The second-order valence-corrected chi connectivity index (χ2v) is 9.15. The first-order valence-corrected chi connectivity index (χ1v) is 10.3. The van der Waals surface area contributed by atoms with Gasteiger partial charge < -0.3 is 9.64 Å². The Morgan fingerprint density at radius 3 is 2.68 bits per heavy atom. The number of hydrogen-bond acceptors (Lipinski definition) is 5. The van der Waals surface area contributed by atoms with E-state index in [1.54, 1.807) is 4.90 Å². The summed E-state index contributed by atoms with van der Waals surface area (Å²) in [5, 5.41) is 1.45. The van der Waals surface area contributed by atoms with Crippen LogP contribution in [0.4, 0.5) is 0 Å². The standard InChI is InChI=1S/C15H21NO4S2/c17-15(12-4-8-20-9-5-12)16-6-3-14(13-2-1-10-21-13)22(18,19)11-7-16/h1-2,10,12,14H,3-9,11H2. The highest BCUT2D eigenvalue weighted by molar-refractivity contribution is 7.91. The van der Waals surface area contributed by atoms with Gasteiger partial charge in [-0.05, 0) is 30.7 Å². The van der Waals surface area contributed by atoms with Crippen molar-refractivity contribution >= 4 is 27.1 Å². The van der Waals surface area contributed by atoms with Gasteiger partial charge >= 0.3 is 0 Å². The van der Waals surface area contributed by atoms with Crippen molar-refractivity contribution in [3.63, 3.8) is 0 Å². The molecule has 0 spiro atoms. The fraction of sp³-hybridized carbons (Fsp3) is 0.667. The number of carbonyl (C=O) groups excluding carboxylic acids is 1. The van der Waals surface area contributed by atoms with Crippen molar-refractivity contribution in [2.45, 2.75) is 24.5 Å². The van der Waals surface area contributed by atoms with E-state index in [0.717, 1.165) is 17.7 Å². The van der Waals surface area contributed by atoms with Crippen LogP contribution in [0.2, 0.25) is 0 Å². The molecule has 22 heavy (non-hydrogen) atoms. The summed E-state index contributed by atoms with van der Waals surface area (Å²) in [6.07, 6.45) is 1.99. The summed E-state index contributed by atoms with van der Waals surface area (Å²) in [4.78, 5) is 15.2. The lowest BCUT2D eigenvalue weighted by molar-refractivity contribution is -0.138. The van der Waals surface area contributed by atoms with Crippen LogP contribution in [-0.4, -0.2) is 51.3 Å². The van der Waals surface area contributed by atoms with Crippen LogP contribution in [0.5, 0.6) is 0 Å². The minimum Gasteiger partial charge on any atom is -0.381 e. The van der Waals surface area contributed by atoms with Crippen LogP contribution >= 0.6 is 11.3 Å². The van der Waals surface area contributed by atoms with Gasteiger partial charge in [0.2, 0.25) is 5.91 Å². The fourth-order valence-corrected chi connectivity index (χ4v) is 6.16. The van der Waals surface area contributed by atoms with Gasteiger partial charge in [0.1, 0.15) is 0 Å². The second-order valence-electron chi connectivity index (χ2n) is 5.87. The Hall–Kier alpha value is -0.920. The highest BCUT2D eigenvalue weighted by Crippen LogP contribution is 2.33. The number of amides is 1. The molecule has 0 bridgehead atoms. The SMILES string of the molecule is O=C(C1CCOCC1)N1CCC(c2cccs2)S(=O)(=O)CC1. The lowest BCUT2D eigenvalue weighted by Crippen LogP contribution is -2.40. The Kier molecular flexibility index (Phi) is 4.84. The van der Waals surface area contributed by atoms with Crippen LogP contribution in [-0.2, 0) is 19.4 Å². The Bertz CT molecular complexity index is 605. The van der Waals surface area contributed by atoms with E-state index in [-0.39, 0.29) is 17.6 Å². The van der Waals surface area contributed by atoms with Crippen LogP contribution in [0.3, 0.4) is 0 Å². The molecule has 2 saturated heterocycles. The summed E-state index contributed by atoms with van der Waals surface area (Å²) >= 11 is 1.48. The molecular formula is C15H21NO4S2. The van der Waals surface area contributed by atoms with E-state index in [9.17, 15) is 13.2 Å². The molecule has 0 saturated carbocycles. The van der Waals surface area contributed by atoms with E-state index < -0.39 is 15.1 Å². The topological polar surface area (TPSA) is 63.7 Å². The predicted molar refractivity (Wildman–Crippen MR) is 85.6 cm³/mol. The maximum absolute atomic E-state index is 12.6. The van der Waals surface area contributed by atoms with Gasteiger partial charge in [0.15, 0.2) is 9.84 Å². The number of nitrogens with zero attached hydrogens (tertiary/aromatic N) is 1. The summed E-state index contributed by atoms with van der Waals surface area (Å²) in [6, 6.07) is 3.76. The molecule has 0 aliphatic carbocycles. The second kappa shape index (κ2) is 6.68. The number of sulfone groups is 1. The van der Waals surface area contributed by atoms with Gasteiger partial charge in [-0.25, -0.2) is 8.42 Å². The van der Waals surface area contributed by atoms with Crippen molar-refractivity contribution in [3.05, 3.63) is 22.4 Å². The number of rotatable bonds is 2. The molecular weight excluding hydrogens is 322 g/mol. The average molecular weight is 343 g/mol. The van der Waals surface area contributed by atoms with Crippen molar-refractivity contribution in [3.8, 4) is 0 Å². The molecule has 0 radical (unpaired) electrons. The van der Waals surface area contributed by atoms with Crippen molar-refractivity contribution in [2.24, 2.45) is 5.92 Å². The maximum atomic E-state index is 12.6. The molecule has 1 aromatic rings. The molecule has 1 aromatic heterocycles. The largest absolute Gasteiger partial charge is 0.381 e. The minimum atomic E-state index is -3.19. The normalized spacial score (nSPS) is 26.5. The molecule has 3 heterocycles. The lowest BCUT2D eigenvalue weighted by Gasteiger charge is -2.28. The molecule has 1 amide bonds. The Morgan fingerprint density at radius 2 is 2.00 bits per heavy atom. The van der Waals surface area contributed by atoms with Crippen molar-refractivity contribution in [1.29, 1.82) is 0 Å². The summed E-state index contributed by atoms with van der Waals surface area (Å²) in [6.45, 7) is 2.10. The molecule has 2 fully saturated rings. The van der Waals surface area contributed by atoms with Gasteiger partial charge in [-0.1, -0.05) is 6.07 Å². The van der Waals surface area contributed by atoms with Crippen molar-refractivity contribution < 1.29 is 17.9 Å². The van der Waals surface area contributed by atoms with E-state index in [0.29, 0.717) is 32.7 Å². The van der Waals surface area contributed by atoms with Crippen LogP contribution in [0.15, 0.2) is 17.5 Å². The van der Waals surface area contributed by atoms with Gasteiger partial charge in [-0.15, -0.1) is 11.3 Å². The highest BCUT2D eigenvalue weighted by Gasteiger charge is 2.35. The van der Waals surface area contributed by atoms with Gasteiger partial charge in [0.25, 0.3) is 0 Å². The molecule has 0 N–H and O–H groups in total. The van der Waals surface area contributed by atoms with E-state index in [4.69, 9.17) is 4.74 Å². The van der Waals surface area contributed by atoms with Crippen LogP contribution in [0.1, 0.15) is 29.4 Å². The zero-order valence-electron chi connectivity index (χ0n) is 12.4. The summed E-state index contributed by atoms with van der Waals surface area (Å²) in [7, 11) is -3.19. The molecule has 2 aliphatic rings. The van der Waals surface area contributed by atoms with E-state index in [1.165, 1.54) is 11.3 Å². The quantitative estimate of drug-likeness (QED) is 0.822. The third kappa shape index (κ3) is 3.36. The smallest absolute Gasteiger partial charge is 0.225 e. The molecule has 2 aliphatic heterocycles. The van der Waals surface area contributed by atoms with Crippen molar-refractivity contribution in [1.82, 2.24) is 4.90 Å². The van der Waals surface area contributed by atoms with Gasteiger partial charge in [0, 0.05) is 37.1 Å². The maximum Gasteiger partial charge on any atom is 0.225 e. The van der Waals surface area contributed by atoms with Gasteiger partial charge in [-0.3, -0.25) is 4.79 Å². The highest BCUT2D eigenvalue weighted by atomic mass is 32.2. The monoisotopic (exact) mass is 343 g/mol. The fourth-order valence-electron chi connectivity index (χ4n) is 3.16. The van der Waals surface area contributed by atoms with E-state index in [2.05, 4.69) is 0 Å². The average Bonchev–Trinajstić information content (AvgIpc) is 2.99. The first-order chi connectivity index (χ1) is 10.6. The Balaban J connectivity index is 1.72. The molecule has 7 heteroatoms. The van der Waals surface area contributed by atoms with E-state index in [1.807, 2.05) is 17.5 Å². The summed E-state index contributed by atoms with van der Waals surface area (Å²) in [5.74, 6) is 0.157. The zero-order chi connectivity index (χ0) is 15.6. The minimum absolute atomic E-state index is 0.00487. The first-order valence-electron chi connectivity index (χ1n) is 7.69. The lowest BCUT2D eigenvalue weighted by atomic mass is 9.98. The number of hydrogen-bond donors (Lipinski definition) is 0. The van der Waals surface area contributed by atoms with Crippen molar-refractivity contribution in [2.75, 3.05) is 32.1 Å². The van der Waals surface area contributed by atoms with Gasteiger partial charge in [0.05, 0.1) is 11.0 Å². The molecule has 122 valence electrons. The molecule has 3 rings (SSSR count). The summed E-state index contributed by atoms with van der Waals surface area (Å²) in [5.41, 5.74) is 0. The van der Waals surface area contributed by atoms with Crippen LogP contribution < -0.4 is 0 Å². The molecule has 1 atom stereocenters. The Morgan fingerprint density at radius 1 is 1.23 bits per heavy atom. The third-order valence-corrected chi connectivity index (χ3v) is 7.73. The molecule has 5 nitrogen and oxygen atoms in total. The molecule has 0 aromatic carbocycles. The first kappa shape index (κ1) is 16.0. The van der Waals surface area contributed by atoms with Crippen LogP contribution in [0.25, 0.3) is 0 Å². The van der Waals surface area contributed by atoms with E-state index >= 15 is 0 Å². The Labute approximate surface area is 135 Å².